The first-order valence-electron chi connectivity index (χ1n) is 4.57. The Bertz CT molecular complexity index is 290. The fourth-order valence-electron chi connectivity index (χ4n) is 1.50. The Morgan fingerprint density at radius 3 is 2.93 bits per heavy atom. The van der Waals surface area contributed by atoms with Gasteiger partial charge in [0, 0.05) is 17.8 Å². The summed E-state index contributed by atoms with van der Waals surface area (Å²) in [4.78, 5) is 13.4. The summed E-state index contributed by atoms with van der Waals surface area (Å²) in [5.41, 5.74) is 8.31. The Morgan fingerprint density at radius 2 is 2.40 bits per heavy atom. The molecule has 0 aromatic heterocycles. The number of carbonyl (C=O) groups is 1. The lowest BCUT2D eigenvalue weighted by Crippen LogP contribution is -2.48. The third-order valence-electron chi connectivity index (χ3n) is 2.35. The predicted octanol–water partition coefficient (Wildman–Crippen LogP) is 0.582. The van der Waals surface area contributed by atoms with Crippen LogP contribution in [0.25, 0.3) is 10.4 Å². The van der Waals surface area contributed by atoms with Gasteiger partial charge >= 0.3 is 5.97 Å². The minimum Gasteiger partial charge on any atom is -0.460 e. The summed E-state index contributed by atoms with van der Waals surface area (Å²) in [6.45, 7) is 3.14. The van der Waals surface area contributed by atoms with E-state index in [4.69, 9.17) is 15.0 Å². The zero-order chi connectivity index (χ0) is 11.4. The molecule has 0 bridgehead atoms. The second kappa shape index (κ2) is 4.97. The molecular formula is C8H13N3O4. The molecule has 1 N–H and O–H groups in total. The van der Waals surface area contributed by atoms with Crippen LogP contribution >= 0.6 is 0 Å². The number of esters is 1. The van der Waals surface area contributed by atoms with Crippen molar-refractivity contribution in [2.45, 2.75) is 32.3 Å². The molecule has 84 valence electrons. The van der Waals surface area contributed by atoms with Gasteiger partial charge in [-0.05, 0) is 5.53 Å². The van der Waals surface area contributed by atoms with Gasteiger partial charge in [0.2, 0.25) is 0 Å². The van der Waals surface area contributed by atoms with Crippen LogP contribution in [0.5, 0.6) is 0 Å². The van der Waals surface area contributed by atoms with Crippen molar-refractivity contribution in [2.75, 3.05) is 6.61 Å². The molecule has 0 aliphatic carbocycles. The first kappa shape index (κ1) is 11.8. The lowest BCUT2D eigenvalue weighted by molar-refractivity contribution is -0.200. The lowest BCUT2D eigenvalue weighted by atomic mass is 9.94. The van der Waals surface area contributed by atoms with E-state index in [1.165, 1.54) is 6.92 Å². The molecule has 1 aliphatic heterocycles. The van der Waals surface area contributed by atoms with Crippen LogP contribution in [0.4, 0.5) is 0 Å². The van der Waals surface area contributed by atoms with E-state index in [0.29, 0.717) is 0 Å². The van der Waals surface area contributed by atoms with Crippen LogP contribution in [0.1, 0.15) is 13.8 Å². The average Bonchev–Trinajstić information content (AvgIpc) is 2.16. The normalized spacial score (nSPS) is 35.4. The summed E-state index contributed by atoms with van der Waals surface area (Å²) in [6, 6.07) is -0.729. The molecule has 7 heteroatoms. The summed E-state index contributed by atoms with van der Waals surface area (Å²) in [6.07, 6.45) is -1.62. The van der Waals surface area contributed by atoms with Crippen LogP contribution in [0.3, 0.4) is 0 Å². The van der Waals surface area contributed by atoms with E-state index in [-0.39, 0.29) is 12.5 Å². The smallest absolute Gasteiger partial charge is 0.302 e. The molecule has 4 unspecified atom stereocenters. The average molecular weight is 215 g/mol. The van der Waals surface area contributed by atoms with Gasteiger partial charge in [-0.2, -0.15) is 0 Å². The van der Waals surface area contributed by atoms with E-state index in [9.17, 15) is 9.90 Å². The molecule has 0 spiro atoms. The summed E-state index contributed by atoms with van der Waals surface area (Å²) in [5.74, 6) is -0.694. The van der Waals surface area contributed by atoms with Crippen molar-refractivity contribution in [2.24, 2.45) is 11.0 Å². The maximum absolute atomic E-state index is 10.8. The first-order valence-corrected chi connectivity index (χ1v) is 4.57. The Balaban J connectivity index is 2.71. The number of carbonyl (C=O) groups excluding carboxylic acids is 1. The molecule has 0 amide bonds. The van der Waals surface area contributed by atoms with E-state index in [2.05, 4.69) is 10.0 Å². The maximum Gasteiger partial charge on any atom is 0.302 e. The fraction of sp³-hybridized carbons (Fsp3) is 0.875. The fourth-order valence-corrected chi connectivity index (χ4v) is 1.50. The van der Waals surface area contributed by atoms with Crippen molar-refractivity contribution in [3.05, 3.63) is 10.4 Å². The molecule has 1 heterocycles. The van der Waals surface area contributed by atoms with Gasteiger partial charge in [-0.15, -0.1) is 0 Å². The van der Waals surface area contributed by atoms with Crippen LogP contribution < -0.4 is 0 Å². The van der Waals surface area contributed by atoms with E-state index >= 15 is 0 Å². The minimum atomic E-state index is -1.14. The van der Waals surface area contributed by atoms with Crippen molar-refractivity contribution in [3.63, 3.8) is 0 Å². The van der Waals surface area contributed by atoms with Crippen molar-refractivity contribution in [3.8, 4) is 0 Å². The third-order valence-corrected chi connectivity index (χ3v) is 2.35. The van der Waals surface area contributed by atoms with Crippen LogP contribution in [0.15, 0.2) is 5.11 Å². The molecule has 0 radical (unpaired) electrons. The summed E-state index contributed by atoms with van der Waals surface area (Å²) in [5, 5.41) is 12.8. The Labute approximate surface area is 86.6 Å². The molecule has 0 aromatic rings. The highest BCUT2D eigenvalue weighted by molar-refractivity contribution is 5.66. The molecule has 1 saturated heterocycles. The summed E-state index contributed by atoms with van der Waals surface area (Å²) in [7, 11) is 0. The predicted molar refractivity (Wildman–Crippen MR) is 49.6 cm³/mol. The molecule has 0 saturated carbocycles. The quantitative estimate of drug-likeness (QED) is 0.315. The van der Waals surface area contributed by atoms with Crippen molar-refractivity contribution in [1.82, 2.24) is 0 Å². The number of aliphatic hydroxyl groups is 1. The van der Waals surface area contributed by atoms with E-state index in [1.807, 2.05) is 0 Å². The lowest BCUT2D eigenvalue weighted by Gasteiger charge is -2.35. The highest BCUT2D eigenvalue weighted by atomic mass is 16.6. The highest BCUT2D eigenvalue weighted by Gasteiger charge is 2.38. The Hall–Kier alpha value is -1.30. The van der Waals surface area contributed by atoms with Crippen LogP contribution in [-0.4, -0.2) is 36.1 Å². The number of ether oxygens (including phenoxy) is 2. The second-order valence-electron chi connectivity index (χ2n) is 3.43. The van der Waals surface area contributed by atoms with Crippen molar-refractivity contribution < 1.29 is 19.4 Å². The van der Waals surface area contributed by atoms with Gasteiger partial charge in [0.1, 0.15) is 6.10 Å². The largest absolute Gasteiger partial charge is 0.460 e. The van der Waals surface area contributed by atoms with Gasteiger partial charge < -0.3 is 14.6 Å². The number of hydrogen-bond donors (Lipinski definition) is 1. The third kappa shape index (κ3) is 2.82. The molecule has 15 heavy (non-hydrogen) atoms. The Kier molecular flexibility index (Phi) is 3.90. The number of rotatable bonds is 2. The summed E-state index contributed by atoms with van der Waals surface area (Å²) >= 11 is 0. The van der Waals surface area contributed by atoms with Gasteiger partial charge in [0.15, 0.2) is 6.29 Å². The first-order chi connectivity index (χ1) is 7.06. The van der Waals surface area contributed by atoms with Gasteiger partial charge in [-0.25, -0.2) is 0 Å². The molecule has 7 nitrogen and oxygen atoms in total. The molecule has 0 aromatic carbocycles. The van der Waals surface area contributed by atoms with Crippen LogP contribution in [-0.2, 0) is 14.3 Å². The topological polar surface area (TPSA) is 105 Å². The van der Waals surface area contributed by atoms with E-state index in [0.717, 1.165) is 0 Å². The van der Waals surface area contributed by atoms with Crippen LogP contribution in [0, 0.1) is 5.92 Å². The monoisotopic (exact) mass is 215 g/mol. The molecule has 4 atom stereocenters. The number of hydrogen-bond acceptors (Lipinski definition) is 5. The highest BCUT2D eigenvalue weighted by Crippen LogP contribution is 2.25. The molecule has 1 aliphatic rings. The van der Waals surface area contributed by atoms with Gasteiger partial charge in [-0.1, -0.05) is 12.0 Å². The minimum absolute atomic E-state index is 0.110. The second-order valence-corrected chi connectivity index (χ2v) is 3.43. The van der Waals surface area contributed by atoms with Crippen molar-refractivity contribution >= 4 is 5.97 Å². The van der Waals surface area contributed by atoms with Gasteiger partial charge in [0.05, 0.1) is 12.6 Å². The number of azide groups is 1. The molecular weight excluding hydrogens is 202 g/mol. The molecule has 1 rings (SSSR count). The van der Waals surface area contributed by atoms with E-state index in [1.54, 1.807) is 6.92 Å². The van der Waals surface area contributed by atoms with E-state index < -0.39 is 24.4 Å². The van der Waals surface area contributed by atoms with Crippen molar-refractivity contribution in [1.29, 1.82) is 0 Å². The number of nitrogens with zero attached hydrogens (tertiary/aromatic N) is 3. The number of aliphatic hydroxyl groups excluding tert-OH is 1. The van der Waals surface area contributed by atoms with Gasteiger partial charge in [-0.3, -0.25) is 4.79 Å². The maximum atomic E-state index is 10.8. The SMILES string of the molecule is CC(=O)OC1COC(O)C(N=[N+]=[N-])C1C. The summed E-state index contributed by atoms with van der Waals surface area (Å²) < 4.78 is 9.91. The molecule has 1 fully saturated rings. The standard InChI is InChI=1S/C8H13N3O4/c1-4-6(15-5(2)12)3-14-8(13)7(4)10-11-9/h4,6-8,13H,3H2,1-2H3. The Morgan fingerprint density at radius 1 is 1.73 bits per heavy atom. The van der Waals surface area contributed by atoms with Gasteiger partial charge in [0.25, 0.3) is 0 Å². The zero-order valence-corrected chi connectivity index (χ0v) is 8.53. The van der Waals surface area contributed by atoms with Crippen LogP contribution in [0.2, 0.25) is 0 Å². The zero-order valence-electron chi connectivity index (χ0n) is 8.53.